The highest BCUT2D eigenvalue weighted by Crippen LogP contribution is 2.29. The minimum atomic E-state index is 0.290. The van der Waals surface area contributed by atoms with Gasteiger partial charge in [-0.1, -0.05) is 62.6 Å². The lowest BCUT2D eigenvalue weighted by Gasteiger charge is -2.20. The lowest BCUT2D eigenvalue weighted by atomic mass is 9.87. The number of hydrogen-bond donors (Lipinski definition) is 2. The molecule has 0 saturated heterocycles. The molecule has 0 radical (unpaired) electrons. The van der Waals surface area contributed by atoms with E-state index in [2.05, 4.69) is 60.4 Å². The van der Waals surface area contributed by atoms with Crippen LogP contribution >= 0.6 is 11.6 Å². The summed E-state index contributed by atoms with van der Waals surface area (Å²) < 4.78 is 0. The van der Waals surface area contributed by atoms with Gasteiger partial charge in [-0.2, -0.15) is 0 Å². The topological polar surface area (TPSA) is 38.0 Å². The standard InChI is InChI=1S/C24H43ClN2/c1-9-17(5)20(8)21(11-3)15-13-14-19(7)22(16-27-12-4)23(25)24(26)18(6)10-2/h12,18,21,27H,4,9-11,13-16,26H2,1-3,5-8H3/b20-17+,22-19-,24-23-. The molecule has 2 atom stereocenters. The van der Waals surface area contributed by atoms with E-state index in [4.69, 9.17) is 17.3 Å². The number of rotatable bonds is 13. The fourth-order valence-corrected chi connectivity index (χ4v) is 3.73. The van der Waals surface area contributed by atoms with E-state index in [0.29, 0.717) is 18.4 Å². The lowest BCUT2D eigenvalue weighted by Crippen LogP contribution is -2.16. The Kier molecular flexibility index (Phi) is 13.3. The van der Waals surface area contributed by atoms with Crippen LogP contribution in [0.3, 0.4) is 0 Å². The molecule has 0 aliphatic heterocycles. The second kappa shape index (κ2) is 13.9. The van der Waals surface area contributed by atoms with Crippen LogP contribution < -0.4 is 11.1 Å². The first-order valence-electron chi connectivity index (χ1n) is 10.6. The van der Waals surface area contributed by atoms with Crippen LogP contribution in [-0.4, -0.2) is 6.54 Å². The Balaban J connectivity index is 5.33. The molecule has 2 nitrogen and oxygen atoms in total. The molecule has 156 valence electrons. The van der Waals surface area contributed by atoms with Crippen molar-refractivity contribution in [1.29, 1.82) is 0 Å². The third-order valence-corrected chi connectivity index (χ3v) is 6.46. The molecule has 0 aromatic heterocycles. The van der Waals surface area contributed by atoms with Gasteiger partial charge in [0, 0.05) is 12.2 Å². The van der Waals surface area contributed by atoms with E-state index in [1.165, 1.54) is 30.4 Å². The molecule has 0 aromatic rings. The minimum Gasteiger partial charge on any atom is -0.401 e. The summed E-state index contributed by atoms with van der Waals surface area (Å²) >= 11 is 6.70. The number of allylic oxidation sites excluding steroid dienone is 4. The zero-order chi connectivity index (χ0) is 21.0. The fraction of sp³-hybridized carbons (Fsp3) is 0.667. The van der Waals surface area contributed by atoms with Crippen molar-refractivity contribution in [2.75, 3.05) is 6.54 Å². The molecule has 2 unspecified atom stereocenters. The van der Waals surface area contributed by atoms with Gasteiger partial charge in [-0.3, -0.25) is 0 Å². The van der Waals surface area contributed by atoms with Gasteiger partial charge in [0.2, 0.25) is 0 Å². The average Bonchev–Trinajstić information content (AvgIpc) is 2.68. The Hall–Kier alpha value is -1.15. The molecule has 3 heteroatoms. The summed E-state index contributed by atoms with van der Waals surface area (Å²) in [6, 6.07) is 0. The molecule has 0 rings (SSSR count). The molecule has 0 fully saturated rings. The predicted molar refractivity (Wildman–Crippen MR) is 124 cm³/mol. The lowest BCUT2D eigenvalue weighted by molar-refractivity contribution is 0.512. The van der Waals surface area contributed by atoms with Crippen molar-refractivity contribution >= 4 is 11.6 Å². The molecule has 0 aromatic carbocycles. The molecule has 3 N–H and O–H groups in total. The van der Waals surface area contributed by atoms with E-state index in [-0.39, 0.29) is 0 Å². The van der Waals surface area contributed by atoms with Crippen molar-refractivity contribution in [2.45, 2.75) is 87.0 Å². The summed E-state index contributed by atoms with van der Waals surface area (Å²) in [5.74, 6) is 0.974. The zero-order valence-corrected chi connectivity index (χ0v) is 19.6. The van der Waals surface area contributed by atoms with Gasteiger partial charge in [0.25, 0.3) is 0 Å². The van der Waals surface area contributed by atoms with Crippen LogP contribution in [0.15, 0.2) is 45.8 Å². The SMILES string of the molecule is C=CNCC(=C(\C)CCCC(CC)/C(C)=C(\C)CC)/C(Cl)=C(/N)C(C)CC. The van der Waals surface area contributed by atoms with Crippen molar-refractivity contribution in [3.8, 4) is 0 Å². The number of nitrogens with one attached hydrogen (secondary N) is 1. The predicted octanol–water partition coefficient (Wildman–Crippen LogP) is 7.43. The van der Waals surface area contributed by atoms with E-state index in [0.717, 1.165) is 35.6 Å². The van der Waals surface area contributed by atoms with Gasteiger partial charge in [0.1, 0.15) is 0 Å². The van der Waals surface area contributed by atoms with Crippen LogP contribution in [0.1, 0.15) is 87.0 Å². The molecule has 27 heavy (non-hydrogen) atoms. The quantitative estimate of drug-likeness (QED) is 0.251. The monoisotopic (exact) mass is 394 g/mol. The molecule has 0 heterocycles. The smallest absolute Gasteiger partial charge is 0.0645 e. The zero-order valence-electron chi connectivity index (χ0n) is 18.8. The van der Waals surface area contributed by atoms with Crippen molar-refractivity contribution in [1.82, 2.24) is 5.32 Å². The van der Waals surface area contributed by atoms with Crippen molar-refractivity contribution in [3.05, 3.63) is 45.8 Å². The second-order valence-corrected chi connectivity index (χ2v) is 8.11. The Morgan fingerprint density at radius 2 is 1.74 bits per heavy atom. The van der Waals surface area contributed by atoms with Crippen LogP contribution in [0.4, 0.5) is 0 Å². The number of nitrogens with two attached hydrogens (primary N) is 1. The molecule has 0 bridgehead atoms. The first-order chi connectivity index (χ1) is 12.7. The van der Waals surface area contributed by atoms with E-state index < -0.39 is 0 Å². The Morgan fingerprint density at radius 3 is 2.22 bits per heavy atom. The van der Waals surface area contributed by atoms with Gasteiger partial charge < -0.3 is 11.1 Å². The van der Waals surface area contributed by atoms with Gasteiger partial charge in [-0.05, 0) is 82.9 Å². The molecule has 0 saturated carbocycles. The normalized spacial score (nSPS) is 16.7. The van der Waals surface area contributed by atoms with Gasteiger partial charge in [-0.15, -0.1) is 0 Å². The molecular formula is C24H43ClN2. The van der Waals surface area contributed by atoms with E-state index in [1.54, 1.807) is 11.8 Å². The van der Waals surface area contributed by atoms with Crippen molar-refractivity contribution < 1.29 is 0 Å². The first-order valence-corrected chi connectivity index (χ1v) is 11.0. The highest BCUT2D eigenvalue weighted by atomic mass is 35.5. The fourth-order valence-electron chi connectivity index (χ4n) is 3.32. The summed E-state index contributed by atoms with van der Waals surface area (Å²) in [5, 5.41) is 3.92. The van der Waals surface area contributed by atoms with Crippen molar-refractivity contribution in [2.24, 2.45) is 17.6 Å². The largest absolute Gasteiger partial charge is 0.401 e. The van der Waals surface area contributed by atoms with Crippen LogP contribution in [0, 0.1) is 11.8 Å². The molecule has 0 aliphatic carbocycles. The maximum atomic E-state index is 6.70. The van der Waals surface area contributed by atoms with E-state index >= 15 is 0 Å². The highest BCUT2D eigenvalue weighted by Gasteiger charge is 2.15. The van der Waals surface area contributed by atoms with Crippen LogP contribution in [0.25, 0.3) is 0 Å². The summed E-state index contributed by atoms with van der Waals surface area (Å²) in [5.41, 5.74) is 12.7. The number of halogens is 1. The Bertz CT molecular complexity index is 555. The Labute approximate surface area is 174 Å². The van der Waals surface area contributed by atoms with E-state index in [1.807, 2.05) is 0 Å². The van der Waals surface area contributed by atoms with Gasteiger partial charge in [0.05, 0.1) is 5.03 Å². The summed E-state index contributed by atoms with van der Waals surface area (Å²) in [6.45, 7) is 20.0. The maximum Gasteiger partial charge on any atom is 0.0645 e. The van der Waals surface area contributed by atoms with Crippen LogP contribution in [0.2, 0.25) is 0 Å². The average molecular weight is 395 g/mol. The summed E-state index contributed by atoms with van der Waals surface area (Å²) in [4.78, 5) is 0. The minimum absolute atomic E-state index is 0.290. The first kappa shape index (κ1) is 25.9. The molecular weight excluding hydrogens is 352 g/mol. The maximum absolute atomic E-state index is 6.70. The highest BCUT2D eigenvalue weighted by molar-refractivity contribution is 6.32. The molecule has 0 aliphatic rings. The molecule has 0 amide bonds. The summed E-state index contributed by atoms with van der Waals surface area (Å²) in [7, 11) is 0. The van der Waals surface area contributed by atoms with Gasteiger partial charge in [-0.25, -0.2) is 0 Å². The third-order valence-electron chi connectivity index (χ3n) is 6.01. The van der Waals surface area contributed by atoms with Gasteiger partial charge >= 0.3 is 0 Å². The van der Waals surface area contributed by atoms with Gasteiger partial charge in [0.15, 0.2) is 0 Å². The van der Waals surface area contributed by atoms with Crippen molar-refractivity contribution in [3.63, 3.8) is 0 Å². The Morgan fingerprint density at radius 1 is 1.11 bits per heavy atom. The van der Waals surface area contributed by atoms with E-state index in [9.17, 15) is 0 Å². The van der Waals surface area contributed by atoms with Crippen LogP contribution in [0.5, 0.6) is 0 Å². The van der Waals surface area contributed by atoms with Crippen LogP contribution in [-0.2, 0) is 0 Å². The third kappa shape index (κ3) is 8.60. The summed E-state index contributed by atoms with van der Waals surface area (Å²) in [6.07, 6.45) is 8.50. The molecule has 0 spiro atoms. The number of hydrogen-bond acceptors (Lipinski definition) is 2. The second-order valence-electron chi connectivity index (χ2n) is 7.74.